The van der Waals surface area contributed by atoms with Gasteiger partial charge in [0.05, 0.1) is 18.0 Å². The number of thiocarbonyl (C=S) groups is 1. The van der Waals surface area contributed by atoms with Gasteiger partial charge in [0.1, 0.15) is 0 Å². The third kappa shape index (κ3) is 7.03. The van der Waals surface area contributed by atoms with E-state index in [2.05, 4.69) is 22.5 Å². The lowest BCUT2D eigenvalue weighted by Crippen LogP contribution is -2.34. The maximum atomic E-state index is 11.7. The largest absolute Gasteiger partial charge is 0.449 e. The molecular weight excluding hydrogens is 346 g/mol. The minimum absolute atomic E-state index is 0.174. The number of benzene rings is 2. The van der Waals surface area contributed by atoms with Gasteiger partial charge in [-0.3, -0.25) is 10.3 Å². The lowest BCUT2D eigenvalue weighted by atomic mass is 10.2. The number of amides is 1. The molecule has 2 N–H and O–H groups in total. The first kappa shape index (κ1) is 19.6. The Hall–Kier alpha value is -2.73. The molecule has 0 bridgehead atoms. The van der Waals surface area contributed by atoms with Crippen molar-refractivity contribution in [1.82, 2.24) is 5.32 Å². The molecule has 0 fully saturated rings. The van der Waals surface area contributed by atoms with Gasteiger partial charge in [-0.2, -0.15) is 0 Å². The molecule has 2 rings (SSSR count). The van der Waals surface area contributed by atoms with E-state index in [9.17, 15) is 4.79 Å². The molecule has 0 radical (unpaired) electrons. The second-order valence-electron chi connectivity index (χ2n) is 5.61. The minimum atomic E-state index is -0.552. The third-order valence-electron chi connectivity index (χ3n) is 3.50. The Balaban J connectivity index is 1.91. The average Bonchev–Trinajstić information content (AvgIpc) is 2.65. The van der Waals surface area contributed by atoms with Crippen LogP contribution in [-0.2, 0) is 4.74 Å². The van der Waals surface area contributed by atoms with Crippen LogP contribution in [-0.4, -0.2) is 24.0 Å². The van der Waals surface area contributed by atoms with Crippen LogP contribution >= 0.6 is 12.2 Å². The van der Waals surface area contributed by atoms with Crippen molar-refractivity contribution >= 4 is 41.0 Å². The van der Waals surface area contributed by atoms with Crippen molar-refractivity contribution in [2.75, 3.05) is 11.9 Å². The Morgan fingerprint density at radius 3 is 2.62 bits per heavy atom. The highest BCUT2D eigenvalue weighted by atomic mass is 32.1. The van der Waals surface area contributed by atoms with E-state index in [0.29, 0.717) is 12.3 Å². The molecule has 6 heteroatoms. The number of hydrogen-bond acceptors (Lipinski definition) is 4. The molecule has 26 heavy (non-hydrogen) atoms. The van der Waals surface area contributed by atoms with Gasteiger partial charge in [0, 0.05) is 6.21 Å². The number of rotatable bonds is 7. The number of aliphatic imine (C=N–C) groups is 1. The summed E-state index contributed by atoms with van der Waals surface area (Å²) in [6.45, 7) is 2.48. The van der Waals surface area contributed by atoms with Crippen molar-refractivity contribution in [3.05, 3.63) is 60.2 Å². The first-order valence-corrected chi connectivity index (χ1v) is 9.02. The van der Waals surface area contributed by atoms with E-state index >= 15 is 0 Å². The Morgan fingerprint density at radius 2 is 1.85 bits per heavy atom. The topological polar surface area (TPSA) is 62.7 Å². The van der Waals surface area contributed by atoms with Crippen molar-refractivity contribution < 1.29 is 9.53 Å². The number of nitrogens with one attached hydrogen (secondary N) is 2. The molecule has 0 spiro atoms. The van der Waals surface area contributed by atoms with Crippen molar-refractivity contribution in [3.8, 4) is 0 Å². The first-order chi connectivity index (χ1) is 12.7. The standard InChI is InChI=1S/C20H23N3O2S/c1-2-3-9-14-25-20(24)23-19(26)22-18-13-8-7-12-17(18)21-15-16-10-5-4-6-11-16/h4-8,10-13,15H,2-3,9,14H2,1H3,(H2,22,23,24,26). The highest BCUT2D eigenvalue weighted by Gasteiger charge is 2.07. The molecule has 0 atom stereocenters. The van der Waals surface area contributed by atoms with Gasteiger partial charge in [0.25, 0.3) is 0 Å². The number of carbonyl (C=O) groups is 1. The lowest BCUT2D eigenvalue weighted by Gasteiger charge is -2.11. The van der Waals surface area contributed by atoms with Crippen LogP contribution in [0.3, 0.4) is 0 Å². The Bertz CT molecular complexity index is 748. The molecule has 0 aliphatic rings. The summed E-state index contributed by atoms with van der Waals surface area (Å²) < 4.78 is 5.08. The summed E-state index contributed by atoms with van der Waals surface area (Å²) >= 11 is 5.18. The summed E-state index contributed by atoms with van der Waals surface area (Å²) in [5.74, 6) is 0. The van der Waals surface area contributed by atoms with E-state index in [4.69, 9.17) is 17.0 Å². The fourth-order valence-corrected chi connectivity index (χ4v) is 2.37. The smallest absolute Gasteiger partial charge is 0.413 e. The van der Waals surface area contributed by atoms with E-state index in [1.807, 2.05) is 54.6 Å². The van der Waals surface area contributed by atoms with Gasteiger partial charge in [0.15, 0.2) is 5.11 Å². The summed E-state index contributed by atoms with van der Waals surface area (Å²) in [5.41, 5.74) is 2.42. The molecule has 136 valence electrons. The number of hydrogen-bond donors (Lipinski definition) is 2. The van der Waals surface area contributed by atoms with Crippen LogP contribution < -0.4 is 10.6 Å². The summed E-state index contributed by atoms with van der Waals surface area (Å²) in [7, 11) is 0. The van der Waals surface area contributed by atoms with Crippen molar-refractivity contribution in [1.29, 1.82) is 0 Å². The zero-order chi connectivity index (χ0) is 18.6. The predicted molar refractivity (Wildman–Crippen MR) is 110 cm³/mol. The van der Waals surface area contributed by atoms with Crippen LogP contribution in [0.2, 0.25) is 0 Å². The molecule has 0 aliphatic heterocycles. The molecule has 1 amide bonds. The number of anilines is 1. The summed E-state index contributed by atoms with van der Waals surface area (Å²) in [6.07, 6.45) is 4.18. The van der Waals surface area contributed by atoms with E-state index in [0.717, 1.165) is 30.5 Å². The first-order valence-electron chi connectivity index (χ1n) is 8.62. The van der Waals surface area contributed by atoms with Gasteiger partial charge >= 0.3 is 6.09 Å². The normalized spacial score (nSPS) is 10.5. The summed E-state index contributed by atoms with van der Waals surface area (Å²) in [5, 5.41) is 5.67. The van der Waals surface area contributed by atoms with Crippen molar-refractivity contribution in [2.45, 2.75) is 26.2 Å². The molecule has 0 aromatic heterocycles. The van der Waals surface area contributed by atoms with Gasteiger partial charge < -0.3 is 10.1 Å². The predicted octanol–water partition coefficient (Wildman–Crippen LogP) is 5.05. The highest BCUT2D eigenvalue weighted by Crippen LogP contribution is 2.24. The fourth-order valence-electron chi connectivity index (χ4n) is 2.17. The Labute approximate surface area is 159 Å². The third-order valence-corrected chi connectivity index (χ3v) is 3.71. The SMILES string of the molecule is CCCCCOC(=O)NC(=S)Nc1ccccc1N=Cc1ccccc1. The van der Waals surface area contributed by atoms with Crippen LogP contribution in [0.4, 0.5) is 16.2 Å². The molecular formula is C20H23N3O2S. The number of para-hydroxylation sites is 2. The van der Waals surface area contributed by atoms with Crippen LogP contribution in [0.5, 0.6) is 0 Å². The van der Waals surface area contributed by atoms with E-state index < -0.39 is 6.09 Å². The van der Waals surface area contributed by atoms with Gasteiger partial charge in [-0.25, -0.2) is 4.79 Å². The van der Waals surface area contributed by atoms with Crippen LogP contribution in [0.15, 0.2) is 59.6 Å². The molecule has 0 unspecified atom stereocenters. The highest BCUT2D eigenvalue weighted by molar-refractivity contribution is 7.80. The Kier molecular flexibility index (Phi) is 8.29. The molecule has 0 heterocycles. The Morgan fingerprint density at radius 1 is 1.12 bits per heavy atom. The van der Waals surface area contributed by atoms with Crippen LogP contribution in [0.1, 0.15) is 31.7 Å². The zero-order valence-corrected chi connectivity index (χ0v) is 15.6. The average molecular weight is 369 g/mol. The fraction of sp³-hybridized carbons (Fsp3) is 0.250. The maximum Gasteiger partial charge on any atom is 0.413 e. The summed E-state index contributed by atoms with van der Waals surface area (Å²) in [6, 6.07) is 17.3. The summed E-state index contributed by atoms with van der Waals surface area (Å²) in [4.78, 5) is 16.2. The molecule has 0 saturated carbocycles. The van der Waals surface area contributed by atoms with Crippen LogP contribution in [0.25, 0.3) is 0 Å². The van der Waals surface area contributed by atoms with Crippen molar-refractivity contribution in [3.63, 3.8) is 0 Å². The van der Waals surface area contributed by atoms with E-state index in [1.54, 1.807) is 6.21 Å². The number of carbonyl (C=O) groups excluding carboxylic acids is 1. The second kappa shape index (κ2) is 11.0. The molecule has 0 aliphatic carbocycles. The van der Waals surface area contributed by atoms with Gasteiger partial charge in [-0.1, -0.05) is 62.2 Å². The number of nitrogens with zero attached hydrogens (tertiary/aromatic N) is 1. The molecule has 2 aromatic rings. The van der Waals surface area contributed by atoms with Gasteiger partial charge in [0.2, 0.25) is 0 Å². The molecule has 2 aromatic carbocycles. The second-order valence-corrected chi connectivity index (χ2v) is 6.02. The number of unbranched alkanes of at least 4 members (excludes halogenated alkanes) is 2. The van der Waals surface area contributed by atoms with E-state index in [-0.39, 0.29) is 5.11 Å². The molecule has 5 nitrogen and oxygen atoms in total. The van der Waals surface area contributed by atoms with Crippen LogP contribution in [0, 0.1) is 0 Å². The number of alkyl carbamates (subject to hydrolysis) is 1. The van der Waals surface area contributed by atoms with Crippen molar-refractivity contribution in [2.24, 2.45) is 4.99 Å². The van der Waals surface area contributed by atoms with E-state index in [1.165, 1.54) is 0 Å². The zero-order valence-electron chi connectivity index (χ0n) is 14.8. The van der Waals surface area contributed by atoms with Gasteiger partial charge in [-0.05, 0) is 36.3 Å². The minimum Gasteiger partial charge on any atom is -0.449 e. The lowest BCUT2D eigenvalue weighted by molar-refractivity contribution is 0.149. The monoisotopic (exact) mass is 369 g/mol. The number of ether oxygens (including phenoxy) is 1. The molecule has 0 saturated heterocycles. The maximum absolute atomic E-state index is 11.7. The quantitative estimate of drug-likeness (QED) is 0.407. The van der Waals surface area contributed by atoms with Gasteiger partial charge in [-0.15, -0.1) is 0 Å².